The van der Waals surface area contributed by atoms with E-state index in [1.165, 1.54) is 5.57 Å². The summed E-state index contributed by atoms with van der Waals surface area (Å²) in [4.78, 5) is 0. The molecule has 2 unspecified atom stereocenters. The number of rotatable bonds is 1. The first-order valence-corrected chi connectivity index (χ1v) is 5.76. The lowest BCUT2D eigenvalue weighted by Crippen LogP contribution is -2.09. The molecule has 1 aromatic rings. The molecule has 0 N–H and O–H groups in total. The second-order valence-electron chi connectivity index (χ2n) is 5.06. The summed E-state index contributed by atoms with van der Waals surface area (Å²) in [7, 11) is 0. The minimum Gasteiger partial charge on any atom is -0.207 e. The van der Waals surface area contributed by atoms with Gasteiger partial charge in [-0.25, -0.2) is 4.39 Å². The molecule has 0 aromatic heterocycles. The van der Waals surface area contributed by atoms with E-state index in [1.807, 2.05) is 13.0 Å². The first-order valence-electron chi connectivity index (χ1n) is 5.76. The van der Waals surface area contributed by atoms with Crippen molar-refractivity contribution < 1.29 is 4.39 Å². The largest absolute Gasteiger partial charge is 0.207 e. The van der Waals surface area contributed by atoms with E-state index in [1.54, 1.807) is 6.07 Å². The van der Waals surface area contributed by atoms with Gasteiger partial charge in [0.25, 0.3) is 0 Å². The summed E-state index contributed by atoms with van der Waals surface area (Å²) < 4.78 is 13.6. The third-order valence-corrected chi connectivity index (χ3v) is 3.88. The number of aryl methyl sites for hydroxylation is 1. The second-order valence-corrected chi connectivity index (χ2v) is 5.06. The van der Waals surface area contributed by atoms with Gasteiger partial charge < -0.3 is 0 Å². The molecule has 0 amide bonds. The van der Waals surface area contributed by atoms with Crippen LogP contribution in [0.4, 0.5) is 4.39 Å². The molecule has 82 valence electrons. The molecule has 0 radical (unpaired) electrons. The van der Waals surface area contributed by atoms with Gasteiger partial charge in [0, 0.05) is 5.41 Å². The lowest BCUT2D eigenvalue weighted by atomic mass is 9.88. The zero-order valence-corrected chi connectivity index (χ0v) is 9.63. The molecular formula is C15H15F. The van der Waals surface area contributed by atoms with Gasteiger partial charge in [0.1, 0.15) is 5.82 Å². The first kappa shape index (κ1) is 9.83. The summed E-state index contributed by atoms with van der Waals surface area (Å²) in [6.07, 6.45) is 7.83. The monoisotopic (exact) mass is 214 g/mol. The van der Waals surface area contributed by atoms with Crippen LogP contribution in [0, 0.1) is 18.7 Å². The molecule has 3 rings (SSSR count). The fourth-order valence-corrected chi connectivity index (χ4v) is 2.67. The van der Waals surface area contributed by atoms with Gasteiger partial charge in [-0.05, 0) is 43.4 Å². The number of hydrogen-bond donors (Lipinski definition) is 0. The lowest BCUT2D eigenvalue weighted by Gasteiger charge is -2.16. The molecule has 2 atom stereocenters. The van der Waals surface area contributed by atoms with Crippen molar-refractivity contribution in [1.82, 2.24) is 0 Å². The van der Waals surface area contributed by atoms with Gasteiger partial charge in [0.2, 0.25) is 0 Å². The molecule has 16 heavy (non-hydrogen) atoms. The zero-order valence-electron chi connectivity index (χ0n) is 9.63. The quantitative estimate of drug-likeness (QED) is 0.665. The number of fused-ring (bicyclic) bond motifs is 1. The molecule has 1 heteroatoms. The average Bonchev–Trinajstić information content (AvgIpc) is 2.96. The van der Waals surface area contributed by atoms with Crippen molar-refractivity contribution in [1.29, 1.82) is 0 Å². The molecule has 0 aliphatic heterocycles. The molecule has 0 heterocycles. The van der Waals surface area contributed by atoms with Crippen LogP contribution in [-0.2, 0) is 5.41 Å². The van der Waals surface area contributed by atoms with E-state index >= 15 is 0 Å². The highest BCUT2D eigenvalue weighted by Gasteiger charge is 2.53. The first-order chi connectivity index (χ1) is 7.62. The predicted octanol–water partition coefficient (Wildman–Crippen LogP) is 3.91. The van der Waals surface area contributed by atoms with Crippen LogP contribution in [0.3, 0.4) is 0 Å². The molecule has 1 saturated carbocycles. The van der Waals surface area contributed by atoms with Crippen molar-refractivity contribution >= 4 is 0 Å². The van der Waals surface area contributed by atoms with Gasteiger partial charge in [-0.3, -0.25) is 0 Å². The van der Waals surface area contributed by atoms with Gasteiger partial charge in [0.05, 0.1) is 0 Å². The Morgan fingerprint density at radius 1 is 1.31 bits per heavy atom. The molecule has 0 saturated heterocycles. The van der Waals surface area contributed by atoms with Gasteiger partial charge in [-0.1, -0.05) is 35.9 Å². The second kappa shape index (κ2) is 3.07. The molecular weight excluding hydrogens is 199 g/mol. The highest BCUT2D eigenvalue weighted by molar-refractivity contribution is 5.48. The molecule has 1 aromatic carbocycles. The Kier molecular flexibility index (Phi) is 1.88. The van der Waals surface area contributed by atoms with Crippen LogP contribution in [0.25, 0.3) is 0 Å². The van der Waals surface area contributed by atoms with Crippen LogP contribution < -0.4 is 0 Å². The SMILES string of the molecule is CC1=CC2CC2(c2ccc(C)c(F)c2)C=C1. The van der Waals surface area contributed by atoms with Gasteiger partial charge >= 0.3 is 0 Å². The summed E-state index contributed by atoms with van der Waals surface area (Å²) in [6, 6.07) is 5.65. The number of hydrogen-bond acceptors (Lipinski definition) is 0. The molecule has 0 spiro atoms. The maximum Gasteiger partial charge on any atom is 0.126 e. The third-order valence-electron chi connectivity index (χ3n) is 3.88. The lowest BCUT2D eigenvalue weighted by molar-refractivity contribution is 0.613. The fourth-order valence-electron chi connectivity index (χ4n) is 2.67. The van der Waals surface area contributed by atoms with Crippen molar-refractivity contribution in [3.05, 3.63) is 58.9 Å². The van der Waals surface area contributed by atoms with Gasteiger partial charge in [0.15, 0.2) is 0 Å². The summed E-state index contributed by atoms with van der Waals surface area (Å²) in [5.74, 6) is 0.497. The van der Waals surface area contributed by atoms with Crippen molar-refractivity contribution in [2.45, 2.75) is 25.7 Å². The number of allylic oxidation sites excluding steroid dienone is 4. The molecule has 2 aliphatic carbocycles. The summed E-state index contributed by atoms with van der Waals surface area (Å²) in [5.41, 5.74) is 3.28. The topological polar surface area (TPSA) is 0 Å². The summed E-state index contributed by atoms with van der Waals surface area (Å²) >= 11 is 0. The fraction of sp³-hybridized carbons (Fsp3) is 0.333. The van der Waals surface area contributed by atoms with E-state index in [0.717, 1.165) is 17.5 Å². The maximum atomic E-state index is 13.6. The maximum absolute atomic E-state index is 13.6. The third kappa shape index (κ3) is 1.27. The molecule has 2 aliphatic rings. The van der Waals surface area contributed by atoms with Crippen molar-refractivity contribution in [2.75, 3.05) is 0 Å². The molecule has 0 bridgehead atoms. The Morgan fingerprint density at radius 3 is 2.81 bits per heavy atom. The number of benzene rings is 1. The Balaban J connectivity index is 2.01. The molecule has 0 nitrogen and oxygen atoms in total. The zero-order chi connectivity index (χ0) is 11.3. The average molecular weight is 214 g/mol. The van der Waals surface area contributed by atoms with E-state index in [0.29, 0.717) is 5.92 Å². The summed E-state index contributed by atoms with van der Waals surface area (Å²) in [6.45, 7) is 3.93. The van der Waals surface area contributed by atoms with Crippen molar-refractivity contribution in [2.24, 2.45) is 5.92 Å². The Morgan fingerprint density at radius 2 is 2.12 bits per heavy atom. The van der Waals surface area contributed by atoms with E-state index in [9.17, 15) is 4.39 Å². The van der Waals surface area contributed by atoms with Crippen LogP contribution in [0.5, 0.6) is 0 Å². The van der Waals surface area contributed by atoms with Crippen LogP contribution in [0.1, 0.15) is 24.5 Å². The van der Waals surface area contributed by atoms with Gasteiger partial charge in [-0.15, -0.1) is 0 Å². The normalized spacial score (nSPS) is 30.9. The van der Waals surface area contributed by atoms with Crippen LogP contribution in [-0.4, -0.2) is 0 Å². The highest BCUT2D eigenvalue weighted by atomic mass is 19.1. The Labute approximate surface area is 95.5 Å². The van der Waals surface area contributed by atoms with Crippen molar-refractivity contribution in [3.63, 3.8) is 0 Å². The Bertz CT molecular complexity index is 510. The minimum atomic E-state index is -0.0859. The standard InChI is InChI=1S/C15H15F/c1-10-5-6-15(9-13(15)7-10)12-4-3-11(2)14(16)8-12/h3-8,13H,9H2,1-2H3. The van der Waals surface area contributed by atoms with E-state index in [-0.39, 0.29) is 11.2 Å². The van der Waals surface area contributed by atoms with E-state index < -0.39 is 0 Å². The smallest absolute Gasteiger partial charge is 0.126 e. The van der Waals surface area contributed by atoms with Crippen LogP contribution in [0.15, 0.2) is 42.0 Å². The minimum absolute atomic E-state index is 0.0859. The van der Waals surface area contributed by atoms with Crippen LogP contribution >= 0.6 is 0 Å². The molecule has 1 fully saturated rings. The van der Waals surface area contributed by atoms with Crippen LogP contribution in [0.2, 0.25) is 0 Å². The predicted molar refractivity (Wildman–Crippen MR) is 63.8 cm³/mol. The Hall–Kier alpha value is -1.37. The van der Waals surface area contributed by atoms with Gasteiger partial charge in [-0.2, -0.15) is 0 Å². The summed E-state index contributed by atoms with van der Waals surface area (Å²) in [5, 5.41) is 0. The number of halogens is 1. The highest BCUT2D eigenvalue weighted by Crippen LogP contribution is 2.58. The van der Waals surface area contributed by atoms with Crippen molar-refractivity contribution in [3.8, 4) is 0 Å². The van der Waals surface area contributed by atoms with E-state index in [2.05, 4.69) is 31.2 Å². The van der Waals surface area contributed by atoms with E-state index in [4.69, 9.17) is 0 Å².